The zero-order valence-electron chi connectivity index (χ0n) is 7.00. The van der Waals surface area contributed by atoms with E-state index >= 15 is 0 Å². The summed E-state index contributed by atoms with van der Waals surface area (Å²) in [6, 6.07) is 2.92. The topological polar surface area (TPSA) is 64.7 Å². The Labute approximate surface area is 70.5 Å². The normalized spacial score (nSPS) is 9.50. The van der Waals surface area contributed by atoms with Crippen molar-refractivity contribution >= 4 is 5.69 Å². The summed E-state index contributed by atoms with van der Waals surface area (Å²) in [6.07, 6.45) is 0. The van der Waals surface area contributed by atoms with E-state index in [-0.39, 0.29) is 5.75 Å². The number of benzene rings is 1. The molecule has 0 spiro atoms. The third-order valence-electron chi connectivity index (χ3n) is 1.53. The number of phenols is 1. The van der Waals surface area contributed by atoms with Crippen LogP contribution in [0.25, 0.3) is 0 Å². The third-order valence-corrected chi connectivity index (χ3v) is 1.53. The maximum atomic E-state index is 9.25. The van der Waals surface area contributed by atoms with E-state index in [1.54, 1.807) is 0 Å². The van der Waals surface area contributed by atoms with Crippen molar-refractivity contribution in [3.8, 4) is 17.2 Å². The maximum Gasteiger partial charge on any atom is 0.164 e. The molecule has 1 aromatic carbocycles. The lowest BCUT2D eigenvalue weighted by Crippen LogP contribution is -1.93. The lowest BCUT2D eigenvalue weighted by atomic mass is 10.2. The molecule has 0 radical (unpaired) electrons. The molecule has 12 heavy (non-hydrogen) atoms. The molecular formula is C8H11NO3. The third kappa shape index (κ3) is 1.37. The first kappa shape index (κ1) is 8.52. The van der Waals surface area contributed by atoms with E-state index in [1.165, 1.54) is 26.4 Å². The Hall–Kier alpha value is -1.58. The second kappa shape index (κ2) is 3.21. The van der Waals surface area contributed by atoms with Crippen LogP contribution in [-0.2, 0) is 0 Å². The van der Waals surface area contributed by atoms with Gasteiger partial charge in [-0.15, -0.1) is 0 Å². The molecule has 0 heterocycles. The number of nitrogens with two attached hydrogens (primary N) is 1. The summed E-state index contributed by atoms with van der Waals surface area (Å²) in [7, 11) is 2.97. The molecule has 0 saturated heterocycles. The second-order valence-corrected chi connectivity index (χ2v) is 2.27. The van der Waals surface area contributed by atoms with Crippen molar-refractivity contribution in [1.29, 1.82) is 0 Å². The molecule has 0 unspecified atom stereocenters. The SMILES string of the molecule is COc1cc(OC)c(O)cc1N. The summed E-state index contributed by atoms with van der Waals surface area (Å²) in [6.45, 7) is 0. The zero-order valence-corrected chi connectivity index (χ0v) is 7.00. The molecule has 3 N–H and O–H groups in total. The molecule has 0 aliphatic heterocycles. The molecule has 0 saturated carbocycles. The molecule has 4 heteroatoms. The highest BCUT2D eigenvalue weighted by atomic mass is 16.5. The Balaban J connectivity index is 3.18. The number of hydrogen-bond acceptors (Lipinski definition) is 4. The molecule has 0 atom stereocenters. The van der Waals surface area contributed by atoms with Gasteiger partial charge in [-0.25, -0.2) is 0 Å². The van der Waals surface area contributed by atoms with E-state index in [4.69, 9.17) is 15.2 Å². The molecular weight excluding hydrogens is 158 g/mol. The van der Waals surface area contributed by atoms with Crippen molar-refractivity contribution in [2.75, 3.05) is 20.0 Å². The molecule has 1 aromatic rings. The standard InChI is InChI=1S/C8H11NO3/c1-11-7-4-8(12-2)6(10)3-5(7)9/h3-4,10H,9H2,1-2H3. The number of ether oxygens (including phenoxy) is 2. The fourth-order valence-corrected chi connectivity index (χ4v) is 0.906. The van der Waals surface area contributed by atoms with E-state index in [9.17, 15) is 5.11 Å². The van der Waals surface area contributed by atoms with Crippen LogP contribution in [0.5, 0.6) is 17.2 Å². The molecule has 4 nitrogen and oxygen atoms in total. The summed E-state index contributed by atoms with van der Waals surface area (Å²) in [4.78, 5) is 0. The Morgan fingerprint density at radius 3 is 2.25 bits per heavy atom. The molecule has 0 fully saturated rings. The van der Waals surface area contributed by atoms with Gasteiger partial charge >= 0.3 is 0 Å². The van der Waals surface area contributed by atoms with Crippen LogP contribution in [0.1, 0.15) is 0 Å². The minimum atomic E-state index is 0.0100. The average molecular weight is 169 g/mol. The number of rotatable bonds is 2. The lowest BCUT2D eigenvalue weighted by molar-refractivity contribution is 0.365. The van der Waals surface area contributed by atoms with E-state index < -0.39 is 0 Å². The van der Waals surface area contributed by atoms with E-state index in [0.29, 0.717) is 17.2 Å². The lowest BCUT2D eigenvalue weighted by Gasteiger charge is -2.08. The van der Waals surface area contributed by atoms with E-state index in [2.05, 4.69) is 0 Å². The van der Waals surface area contributed by atoms with Gasteiger partial charge in [0, 0.05) is 12.1 Å². The first-order valence-corrected chi connectivity index (χ1v) is 3.39. The van der Waals surface area contributed by atoms with Crippen molar-refractivity contribution in [2.45, 2.75) is 0 Å². The van der Waals surface area contributed by atoms with Gasteiger partial charge in [0.05, 0.1) is 19.9 Å². The minimum absolute atomic E-state index is 0.0100. The largest absolute Gasteiger partial charge is 0.504 e. The predicted molar refractivity (Wildman–Crippen MR) is 45.6 cm³/mol. The van der Waals surface area contributed by atoms with Crippen LogP contribution in [0.4, 0.5) is 5.69 Å². The maximum absolute atomic E-state index is 9.25. The van der Waals surface area contributed by atoms with Gasteiger partial charge < -0.3 is 20.3 Å². The summed E-state index contributed by atoms with van der Waals surface area (Å²) >= 11 is 0. The van der Waals surface area contributed by atoms with Crippen molar-refractivity contribution < 1.29 is 14.6 Å². The van der Waals surface area contributed by atoms with Gasteiger partial charge in [0.2, 0.25) is 0 Å². The zero-order chi connectivity index (χ0) is 9.14. The van der Waals surface area contributed by atoms with Gasteiger partial charge in [-0.2, -0.15) is 0 Å². The Morgan fingerprint density at radius 1 is 1.17 bits per heavy atom. The minimum Gasteiger partial charge on any atom is -0.504 e. The molecule has 0 amide bonds. The summed E-state index contributed by atoms with van der Waals surface area (Å²) in [5.74, 6) is 0.849. The summed E-state index contributed by atoms with van der Waals surface area (Å²) < 4.78 is 9.78. The van der Waals surface area contributed by atoms with Crippen molar-refractivity contribution in [2.24, 2.45) is 0 Å². The van der Waals surface area contributed by atoms with Crippen molar-refractivity contribution in [1.82, 2.24) is 0 Å². The highest BCUT2D eigenvalue weighted by molar-refractivity contribution is 5.61. The van der Waals surface area contributed by atoms with Crippen LogP contribution in [0.3, 0.4) is 0 Å². The Morgan fingerprint density at radius 2 is 1.75 bits per heavy atom. The van der Waals surface area contributed by atoms with Crippen molar-refractivity contribution in [3.05, 3.63) is 12.1 Å². The number of phenolic OH excluding ortho intramolecular Hbond substituents is 1. The first-order valence-electron chi connectivity index (χ1n) is 3.39. The number of hydrogen-bond donors (Lipinski definition) is 2. The van der Waals surface area contributed by atoms with Crippen LogP contribution in [0, 0.1) is 0 Å². The van der Waals surface area contributed by atoms with Gasteiger partial charge in [0.1, 0.15) is 5.75 Å². The molecule has 66 valence electrons. The van der Waals surface area contributed by atoms with E-state index in [1.807, 2.05) is 0 Å². The number of anilines is 1. The van der Waals surface area contributed by atoms with Gasteiger partial charge in [-0.05, 0) is 0 Å². The molecule has 0 bridgehead atoms. The van der Waals surface area contributed by atoms with Gasteiger partial charge in [-0.1, -0.05) is 0 Å². The monoisotopic (exact) mass is 169 g/mol. The van der Waals surface area contributed by atoms with Gasteiger partial charge in [-0.3, -0.25) is 0 Å². The smallest absolute Gasteiger partial charge is 0.164 e. The van der Waals surface area contributed by atoms with Crippen LogP contribution in [0.15, 0.2) is 12.1 Å². The van der Waals surface area contributed by atoms with Crippen LogP contribution < -0.4 is 15.2 Å². The van der Waals surface area contributed by atoms with Crippen LogP contribution >= 0.6 is 0 Å². The quantitative estimate of drug-likeness (QED) is 0.648. The van der Waals surface area contributed by atoms with Crippen LogP contribution in [-0.4, -0.2) is 19.3 Å². The Bertz CT molecular complexity index is 261. The fourth-order valence-electron chi connectivity index (χ4n) is 0.906. The Kier molecular flexibility index (Phi) is 2.28. The van der Waals surface area contributed by atoms with E-state index in [0.717, 1.165) is 0 Å². The van der Waals surface area contributed by atoms with Gasteiger partial charge in [0.15, 0.2) is 11.5 Å². The predicted octanol–water partition coefficient (Wildman–Crippen LogP) is 0.992. The molecule has 0 aliphatic rings. The molecule has 0 aromatic heterocycles. The molecule has 0 aliphatic carbocycles. The second-order valence-electron chi connectivity index (χ2n) is 2.27. The van der Waals surface area contributed by atoms with Crippen molar-refractivity contribution in [3.63, 3.8) is 0 Å². The average Bonchev–Trinajstić information content (AvgIpc) is 2.05. The highest BCUT2D eigenvalue weighted by Crippen LogP contribution is 2.34. The number of nitrogen functional groups attached to an aromatic ring is 1. The first-order chi connectivity index (χ1) is 5.69. The summed E-state index contributed by atoms with van der Waals surface area (Å²) in [5.41, 5.74) is 5.90. The number of aromatic hydroxyl groups is 1. The van der Waals surface area contributed by atoms with Crippen LogP contribution in [0.2, 0.25) is 0 Å². The highest BCUT2D eigenvalue weighted by Gasteiger charge is 2.06. The fraction of sp³-hybridized carbons (Fsp3) is 0.250. The summed E-state index contributed by atoms with van der Waals surface area (Å²) in [5, 5.41) is 9.25. The number of methoxy groups -OCH3 is 2. The van der Waals surface area contributed by atoms with Gasteiger partial charge in [0.25, 0.3) is 0 Å². The molecule has 1 rings (SSSR count).